The molecule has 0 bridgehead atoms. The topological polar surface area (TPSA) is 12.0 Å². The molecule has 0 amide bonds. The van der Waals surface area contributed by atoms with Gasteiger partial charge in [-0.15, -0.1) is 0 Å². The molecule has 0 aromatic rings. The first-order valence-corrected chi connectivity index (χ1v) is 6.06. The van der Waals surface area contributed by atoms with Gasteiger partial charge >= 0.3 is 0 Å². The first-order chi connectivity index (χ1) is 6.33. The van der Waals surface area contributed by atoms with Crippen LogP contribution in [0.2, 0.25) is 0 Å². The van der Waals surface area contributed by atoms with Crippen molar-refractivity contribution in [3.63, 3.8) is 0 Å². The first kappa shape index (κ1) is 13.0. The minimum atomic E-state index is 0.761. The molecule has 13 heavy (non-hydrogen) atoms. The summed E-state index contributed by atoms with van der Waals surface area (Å²) in [6.07, 6.45) is 7.02. The minimum absolute atomic E-state index is 0.761. The van der Waals surface area contributed by atoms with Gasteiger partial charge in [-0.3, -0.25) is 0 Å². The predicted octanol–water partition coefficient (Wildman–Crippen LogP) is 3.59. The van der Waals surface area contributed by atoms with Gasteiger partial charge in [-0.05, 0) is 38.6 Å². The summed E-state index contributed by atoms with van der Waals surface area (Å²) < 4.78 is 0. The number of rotatable bonds is 2. The van der Waals surface area contributed by atoms with E-state index in [2.05, 4.69) is 19.2 Å². The van der Waals surface area contributed by atoms with E-state index in [-0.39, 0.29) is 0 Å². The van der Waals surface area contributed by atoms with Crippen molar-refractivity contribution in [2.45, 2.75) is 65.8 Å². The van der Waals surface area contributed by atoms with Crippen LogP contribution in [0, 0.1) is 5.92 Å². The Hall–Kier alpha value is -0.0400. The molecule has 1 rings (SSSR count). The number of hydrogen-bond donors (Lipinski definition) is 1. The molecule has 0 aromatic heterocycles. The molecule has 80 valence electrons. The van der Waals surface area contributed by atoms with Crippen LogP contribution in [0.3, 0.4) is 0 Å². The van der Waals surface area contributed by atoms with Crippen LogP contribution in [0.4, 0.5) is 0 Å². The third-order valence-corrected chi connectivity index (χ3v) is 2.70. The Morgan fingerprint density at radius 3 is 2.54 bits per heavy atom. The summed E-state index contributed by atoms with van der Waals surface area (Å²) in [6, 6.07) is 0.761. The SMILES string of the molecule is CC.CCCC1CCCC(C)NC1. The van der Waals surface area contributed by atoms with Gasteiger partial charge < -0.3 is 5.32 Å². The lowest BCUT2D eigenvalue weighted by atomic mass is 9.98. The Balaban J connectivity index is 0.000000671. The van der Waals surface area contributed by atoms with Gasteiger partial charge in [-0.2, -0.15) is 0 Å². The molecule has 1 N–H and O–H groups in total. The second-order valence-electron chi connectivity index (χ2n) is 3.89. The molecule has 1 heterocycles. The van der Waals surface area contributed by atoms with Crippen molar-refractivity contribution >= 4 is 0 Å². The van der Waals surface area contributed by atoms with Gasteiger partial charge in [-0.25, -0.2) is 0 Å². The lowest BCUT2D eigenvalue weighted by Gasteiger charge is -2.13. The van der Waals surface area contributed by atoms with Gasteiger partial charge in [0.15, 0.2) is 0 Å². The van der Waals surface area contributed by atoms with Gasteiger partial charge in [0.05, 0.1) is 0 Å². The summed E-state index contributed by atoms with van der Waals surface area (Å²) in [7, 11) is 0. The second-order valence-corrected chi connectivity index (χ2v) is 3.89. The molecule has 0 saturated carbocycles. The van der Waals surface area contributed by atoms with E-state index in [1.165, 1.54) is 38.6 Å². The number of nitrogens with one attached hydrogen (secondary N) is 1. The Morgan fingerprint density at radius 1 is 1.23 bits per heavy atom. The molecular weight excluding hydrogens is 158 g/mol. The molecule has 1 saturated heterocycles. The third kappa shape index (κ3) is 6.09. The fourth-order valence-corrected chi connectivity index (χ4v) is 1.94. The van der Waals surface area contributed by atoms with E-state index in [1.807, 2.05) is 13.8 Å². The summed E-state index contributed by atoms with van der Waals surface area (Å²) in [5.74, 6) is 0.963. The van der Waals surface area contributed by atoms with Crippen molar-refractivity contribution in [2.24, 2.45) is 5.92 Å². The van der Waals surface area contributed by atoms with E-state index < -0.39 is 0 Å². The second kappa shape index (κ2) is 8.55. The zero-order valence-electron chi connectivity index (χ0n) is 9.90. The summed E-state index contributed by atoms with van der Waals surface area (Å²) in [4.78, 5) is 0. The minimum Gasteiger partial charge on any atom is -0.314 e. The van der Waals surface area contributed by atoms with Crippen molar-refractivity contribution in [1.29, 1.82) is 0 Å². The fourth-order valence-electron chi connectivity index (χ4n) is 1.94. The zero-order chi connectivity index (χ0) is 10.1. The molecule has 2 unspecified atom stereocenters. The molecule has 1 nitrogen and oxygen atoms in total. The van der Waals surface area contributed by atoms with Crippen LogP contribution in [0.15, 0.2) is 0 Å². The summed E-state index contributed by atoms with van der Waals surface area (Å²) in [5.41, 5.74) is 0. The molecule has 1 fully saturated rings. The Bertz CT molecular complexity index is 101. The van der Waals surface area contributed by atoms with Gasteiger partial charge in [0.1, 0.15) is 0 Å². The first-order valence-electron chi connectivity index (χ1n) is 6.06. The monoisotopic (exact) mass is 185 g/mol. The lowest BCUT2D eigenvalue weighted by Crippen LogP contribution is -2.27. The Labute approximate surface area is 84.3 Å². The van der Waals surface area contributed by atoms with Crippen LogP contribution in [0.5, 0.6) is 0 Å². The molecular formula is C12H27N. The molecule has 0 spiro atoms. The van der Waals surface area contributed by atoms with Crippen LogP contribution in [-0.4, -0.2) is 12.6 Å². The molecule has 1 aliphatic heterocycles. The molecule has 0 aliphatic carbocycles. The normalized spacial score (nSPS) is 28.6. The highest BCUT2D eigenvalue weighted by Crippen LogP contribution is 2.18. The Morgan fingerprint density at radius 2 is 1.92 bits per heavy atom. The molecule has 1 heteroatoms. The highest BCUT2D eigenvalue weighted by Gasteiger charge is 2.13. The maximum atomic E-state index is 3.58. The highest BCUT2D eigenvalue weighted by molar-refractivity contribution is 4.71. The summed E-state index contributed by atoms with van der Waals surface area (Å²) in [5, 5.41) is 3.58. The van der Waals surface area contributed by atoms with Crippen molar-refractivity contribution in [3.8, 4) is 0 Å². The van der Waals surface area contributed by atoms with Crippen molar-refractivity contribution in [3.05, 3.63) is 0 Å². The van der Waals surface area contributed by atoms with Crippen molar-refractivity contribution in [1.82, 2.24) is 5.32 Å². The average molecular weight is 185 g/mol. The smallest absolute Gasteiger partial charge is 0.00388 e. The standard InChI is InChI=1S/C10H21N.C2H6/c1-3-5-10-7-4-6-9(2)11-8-10;1-2/h9-11H,3-8H2,1-2H3;1-2H3. The average Bonchev–Trinajstić information content (AvgIpc) is 2.36. The van der Waals surface area contributed by atoms with E-state index >= 15 is 0 Å². The summed E-state index contributed by atoms with van der Waals surface area (Å²) >= 11 is 0. The molecule has 2 atom stereocenters. The molecule has 0 aromatic carbocycles. The number of hydrogen-bond acceptors (Lipinski definition) is 1. The van der Waals surface area contributed by atoms with Gasteiger partial charge in [0, 0.05) is 6.04 Å². The van der Waals surface area contributed by atoms with Gasteiger partial charge in [0.25, 0.3) is 0 Å². The van der Waals surface area contributed by atoms with Gasteiger partial charge in [-0.1, -0.05) is 33.6 Å². The van der Waals surface area contributed by atoms with Gasteiger partial charge in [0.2, 0.25) is 0 Å². The van der Waals surface area contributed by atoms with Crippen LogP contribution >= 0.6 is 0 Å². The van der Waals surface area contributed by atoms with Crippen LogP contribution in [-0.2, 0) is 0 Å². The lowest BCUT2D eigenvalue weighted by molar-refractivity contribution is 0.434. The molecule has 1 aliphatic rings. The zero-order valence-corrected chi connectivity index (χ0v) is 9.90. The summed E-state index contributed by atoms with van der Waals surface area (Å²) in [6.45, 7) is 9.84. The van der Waals surface area contributed by atoms with E-state index in [4.69, 9.17) is 0 Å². The van der Waals surface area contributed by atoms with Crippen LogP contribution < -0.4 is 5.32 Å². The largest absolute Gasteiger partial charge is 0.314 e. The molecule has 0 radical (unpaired) electrons. The Kier molecular flexibility index (Phi) is 8.53. The van der Waals surface area contributed by atoms with Crippen LogP contribution in [0.25, 0.3) is 0 Å². The quantitative estimate of drug-likeness (QED) is 0.693. The third-order valence-electron chi connectivity index (χ3n) is 2.70. The van der Waals surface area contributed by atoms with Crippen molar-refractivity contribution < 1.29 is 0 Å². The van der Waals surface area contributed by atoms with E-state index in [9.17, 15) is 0 Å². The van der Waals surface area contributed by atoms with E-state index in [1.54, 1.807) is 0 Å². The predicted molar refractivity (Wildman–Crippen MR) is 61.1 cm³/mol. The van der Waals surface area contributed by atoms with Crippen molar-refractivity contribution in [2.75, 3.05) is 6.54 Å². The van der Waals surface area contributed by atoms with E-state index in [0.29, 0.717) is 0 Å². The highest BCUT2D eigenvalue weighted by atomic mass is 14.9. The van der Waals surface area contributed by atoms with Crippen LogP contribution in [0.1, 0.15) is 59.8 Å². The fraction of sp³-hybridized carbons (Fsp3) is 1.00. The van der Waals surface area contributed by atoms with E-state index in [0.717, 1.165) is 12.0 Å². The maximum absolute atomic E-state index is 3.58. The maximum Gasteiger partial charge on any atom is 0.00388 e.